The Kier molecular flexibility index (Phi) is 5.41. The van der Waals surface area contributed by atoms with E-state index in [1.54, 1.807) is 0 Å². The molecule has 1 unspecified atom stereocenters. The second kappa shape index (κ2) is 8.30. The summed E-state index contributed by atoms with van der Waals surface area (Å²) in [6.45, 7) is 4.14. The van der Waals surface area contributed by atoms with Crippen LogP contribution in [0.5, 0.6) is 0 Å². The van der Waals surface area contributed by atoms with E-state index in [0.29, 0.717) is 0 Å². The zero-order chi connectivity index (χ0) is 20.1. The molecule has 0 heterocycles. The Hall–Kier alpha value is -3.42. The average Bonchev–Trinajstić information content (AvgIpc) is 2.81. The highest BCUT2D eigenvalue weighted by molar-refractivity contribution is 5.54. The van der Waals surface area contributed by atoms with E-state index in [4.69, 9.17) is 5.73 Å². The lowest BCUT2D eigenvalue weighted by atomic mass is 9.73. The van der Waals surface area contributed by atoms with Gasteiger partial charge in [0.25, 0.3) is 0 Å². The third kappa shape index (κ3) is 3.53. The van der Waals surface area contributed by atoms with Crippen LogP contribution in [-0.4, -0.2) is 0 Å². The second-order valence-corrected chi connectivity index (χ2v) is 7.25. The van der Waals surface area contributed by atoms with Gasteiger partial charge in [0.1, 0.15) is 0 Å². The molecule has 0 saturated carbocycles. The molecular formula is C28H25N. The number of nitrogens with two attached hydrogens (primary N) is 1. The number of hydrogen-bond donors (Lipinski definition) is 1. The lowest BCUT2D eigenvalue weighted by Crippen LogP contribution is -2.40. The van der Waals surface area contributed by atoms with Gasteiger partial charge in [-0.2, -0.15) is 0 Å². The molecule has 4 aromatic carbocycles. The quantitative estimate of drug-likeness (QED) is 0.313. The highest BCUT2D eigenvalue weighted by Crippen LogP contribution is 2.40. The Morgan fingerprint density at radius 2 is 1.07 bits per heavy atom. The topological polar surface area (TPSA) is 26.0 Å². The Balaban J connectivity index is 1.97. The Morgan fingerprint density at radius 1 is 0.621 bits per heavy atom. The molecule has 1 atom stereocenters. The maximum atomic E-state index is 7.30. The second-order valence-electron chi connectivity index (χ2n) is 7.25. The Labute approximate surface area is 173 Å². The van der Waals surface area contributed by atoms with E-state index >= 15 is 0 Å². The SMILES string of the molecule is C=CC(c1ccccc1)c1ccccc1C(N)(c1ccccc1)c1ccccc1. The summed E-state index contributed by atoms with van der Waals surface area (Å²) in [5.41, 5.74) is 12.1. The standard InChI is InChI=1S/C28H25N/c1-2-25(22-14-6-3-7-15-22)26-20-12-13-21-27(26)28(29,23-16-8-4-9-17-23)24-18-10-5-11-19-24/h2-21,25H,1,29H2. The van der Waals surface area contributed by atoms with Gasteiger partial charge in [0.05, 0.1) is 5.54 Å². The fraction of sp³-hybridized carbons (Fsp3) is 0.0714. The maximum Gasteiger partial charge on any atom is 0.0925 e. The minimum absolute atomic E-state index is 0.0581. The highest BCUT2D eigenvalue weighted by Gasteiger charge is 2.34. The fourth-order valence-corrected chi connectivity index (χ4v) is 4.11. The van der Waals surface area contributed by atoms with E-state index in [1.807, 2.05) is 48.5 Å². The summed E-state index contributed by atoms with van der Waals surface area (Å²) in [6.07, 6.45) is 2.00. The van der Waals surface area contributed by atoms with E-state index in [2.05, 4.69) is 79.4 Å². The Morgan fingerprint density at radius 3 is 1.59 bits per heavy atom. The third-order valence-electron chi connectivity index (χ3n) is 5.57. The van der Waals surface area contributed by atoms with E-state index in [9.17, 15) is 0 Å². The molecule has 0 aliphatic carbocycles. The minimum Gasteiger partial charge on any atom is -0.314 e. The van der Waals surface area contributed by atoms with Gasteiger partial charge in [-0.15, -0.1) is 6.58 Å². The van der Waals surface area contributed by atoms with Gasteiger partial charge in [0.2, 0.25) is 0 Å². The summed E-state index contributed by atoms with van der Waals surface area (Å²) in [6, 6.07) is 39.6. The first kappa shape index (κ1) is 18.9. The molecule has 1 nitrogen and oxygen atoms in total. The van der Waals surface area contributed by atoms with Crippen LogP contribution in [0, 0.1) is 0 Å². The zero-order valence-electron chi connectivity index (χ0n) is 16.4. The van der Waals surface area contributed by atoms with Gasteiger partial charge < -0.3 is 5.73 Å². The molecule has 2 N–H and O–H groups in total. The summed E-state index contributed by atoms with van der Waals surface area (Å²) in [7, 11) is 0. The molecule has 4 rings (SSSR count). The first-order valence-corrected chi connectivity index (χ1v) is 9.92. The minimum atomic E-state index is -0.769. The molecule has 0 amide bonds. The molecule has 0 aromatic heterocycles. The number of rotatable bonds is 6. The summed E-state index contributed by atoms with van der Waals surface area (Å²) in [4.78, 5) is 0. The molecule has 1 heteroatoms. The number of allylic oxidation sites excluding steroid dienone is 1. The molecule has 142 valence electrons. The zero-order valence-corrected chi connectivity index (χ0v) is 16.4. The molecule has 0 spiro atoms. The molecule has 0 fully saturated rings. The van der Waals surface area contributed by atoms with Gasteiger partial charge in [-0.05, 0) is 27.8 Å². The van der Waals surface area contributed by atoms with E-state index < -0.39 is 5.54 Å². The van der Waals surface area contributed by atoms with Crippen LogP contribution in [0.3, 0.4) is 0 Å². The maximum absolute atomic E-state index is 7.30. The van der Waals surface area contributed by atoms with Gasteiger partial charge in [-0.1, -0.05) is 121 Å². The predicted molar refractivity (Wildman–Crippen MR) is 122 cm³/mol. The summed E-state index contributed by atoms with van der Waals surface area (Å²) >= 11 is 0. The molecule has 0 aliphatic heterocycles. The molecule has 4 aromatic rings. The van der Waals surface area contributed by atoms with Crippen molar-refractivity contribution in [2.24, 2.45) is 5.73 Å². The van der Waals surface area contributed by atoms with Crippen LogP contribution in [0.15, 0.2) is 128 Å². The van der Waals surface area contributed by atoms with Crippen LogP contribution >= 0.6 is 0 Å². The van der Waals surface area contributed by atoms with Gasteiger partial charge >= 0.3 is 0 Å². The van der Waals surface area contributed by atoms with Crippen molar-refractivity contribution in [1.29, 1.82) is 0 Å². The van der Waals surface area contributed by atoms with Crippen LogP contribution in [0.25, 0.3) is 0 Å². The molecule has 29 heavy (non-hydrogen) atoms. The van der Waals surface area contributed by atoms with Crippen molar-refractivity contribution in [1.82, 2.24) is 0 Å². The van der Waals surface area contributed by atoms with Crippen LogP contribution in [0.4, 0.5) is 0 Å². The normalized spacial score (nSPS) is 12.3. The first-order valence-electron chi connectivity index (χ1n) is 9.92. The van der Waals surface area contributed by atoms with Gasteiger partial charge in [-0.25, -0.2) is 0 Å². The van der Waals surface area contributed by atoms with Crippen molar-refractivity contribution >= 4 is 0 Å². The van der Waals surface area contributed by atoms with Crippen molar-refractivity contribution in [3.05, 3.63) is 156 Å². The van der Waals surface area contributed by atoms with Crippen molar-refractivity contribution in [3.8, 4) is 0 Å². The van der Waals surface area contributed by atoms with Crippen LogP contribution in [-0.2, 0) is 5.54 Å². The predicted octanol–water partition coefficient (Wildman–Crippen LogP) is 6.26. The van der Waals surface area contributed by atoms with Gasteiger partial charge in [0.15, 0.2) is 0 Å². The number of benzene rings is 4. The average molecular weight is 376 g/mol. The van der Waals surface area contributed by atoms with Crippen molar-refractivity contribution < 1.29 is 0 Å². The lowest BCUT2D eigenvalue weighted by Gasteiger charge is -2.35. The Bertz CT molecular complexity index is 1030. The van der Waals surface area contributed by atoms with Crippen LogP contribution in [0.1, 0.15) is 33.7 Å². The molecule has 0 bridgehead atoms. The molecule has 0 aliphatic rings. The summed E-state index contributed by atoms with van der Waals surface area (Å²) in [5.74, 6) is 0.0581. The monoisotopic (exact) mass is 375 g/mol. The molecular weight excluding hydrogens is 350 g/mol. The number of hydrogen-bond acceptors (Lipinski definition) is 1. The first-order chi connectivity index (χ1) is 14.2. The fourth-order valence-electron chi connectivity index (χ4n) is 4.11. The molecule has 0 saturated heterocycles. The van der Waals surface area contributed by atoms with Crippen LogP contribution in [0.2, 0.25) is 0 Å². The van der Waals surface area contributed by atoms with E-state index in [0.717, 1.165) is 16.7 Å². The van der Waals surface area contributed by atoms with Crippen LogP contribution < -0.4 is 5.73 Å². The van der Waals surface area contributed by atoms with Crippen molar-refractivity contribution in [2.45, 2.75) is 11.5 Å². The lowest BCUT2D eigenvalue weighted by molar-refractivity contribution is 0.642. The van der Waals surface area contributed by atoms with E-state index in [-0.39, 0.29) is 5.92 Å². The van der Waals surface area contributed by atoms with Gasteiger partial charge in [-0.3, -0.25) is 0 Å². The largest absolute Gasteiger partial charge is 0.314 e. The van der Waals surface area contributed by atoms with Crippen molar-refractivity contribution in [2.75, 3.05) is 0 Å². The van der Waals surface area contributed by atoms with Crippen molar-refractivity contribution in [3.63, 3.8) is 0 Å². The smallest absolute Gasteiger partial charge is 0.0925 e. The van der Waals surface area contributed by atoms with E-state index in [1.165, 1.54) is 11.1 Å². The third-order valence-corrected chi connectivity index (χ3v) is 5.57. The highest BCUT2D eigenvalue weighted by atomic mass is 14.8. The summed E-state index contributed by atoms with van der Waals surface area (Å²) in [5, 5.41) is 0. The summed E-state index contributed by atoms with van der Waals surface area (Å²) < 4.78 is 0. The van der Waals surface area contributed by atoms with Gasteiger partial charge in [0, 0.05) is 5.92 Å². The molecule has 0 radical (unpaired) electrons.